The highest BCUT2D eigenvalue weighted by atomic mass is 16.5. The van der Waals surface area contributed by atoms with Crippen molar-refractivity contribution in [2.24, 2.45) is 11.8 Å². The molecule has 3 heteroatoms. The number of aliphatic hydroxyl groups excluding tert-OH is 1. The minimum absolute atomic E-state index is 0.0390. The molecule has 0 aromatic heterocycles. The topological polar surface area (TPSA) is 32.7 Å². The Morgan fingerprint density at radius 2 is 1.94 bits per heavy atom. The van der Waals surface area contributed by atoms with Crippen LogP contribution in [0.25, 0.3) is 0 Å². The Bertz CT molecular complexity index is 214. The second kappa shape index (κ2) is 5.48. The van der Waals surface area contributed by atoms with Crippen molar-refractivity contribution in [2.75, 3.05) is 26.7 Å². The van der Waals surface area contributed by atoms with Gasteiger partial charge in [0.1, 0.15) is 0 Å². The van der Waals surface area contributed by atoms with Gasteiger partial charge in [-0.05, 0) is 31.7 Å². The molecule has 0 aromatic rings. The predicted octanol–water partition coefficient (Wildman–Crippen LogP) is 1.50. The van der Waals surface area contributed by atoms with Gasteiger partial charge in [-0.1, -0.05) is 19.8 Å². The quantitative estimate of drug-likeness (QED) is 0.776. The summed E-state index contributed by atoms with van der Waals surface area (Å²) in [5.41, 5.74) is 0. The standard InChI is InChI=1S/C13H25NO2/c1-10-3-5-11(6-4-10)13(15)12-9-14(2)7-8-16-12/h10-13,15H,3-9H2,1-2H3. The molecule has 94 valence electrons. The Balaban J connectivity index is 1.84. The molecule has 1 N–H and O–H groups in total. The Hall–Kier alpha value is -0.120. The van der Waals surface area contributed by atoms with Gasteiger partial charge in [-0.3, -0.25) is 0 Å². The van der Waals surface area contributed by atoms with Crippen LogP contribution < -0.4 is 0 Å². The Morgan fingerprint density at radius 3 is 2.56 bits per heavy atom. The largest absolute Gasteiger partial charge is 0.390 e. The summed E-state index contributed by atoms with van der Waals surface area (Å²) in [6, 6.07) is 0. The molecule has 2 fully saturated rings. The number of likely N-dealkylation sites (N-methyl/N-ethyl adjacent to an activating group) is 1. The summed E-state index contributed by atoms with van der Waals surface area (Å²) in [7, 11) is 2.10. The van der Waals surface area contributed by atoms with Crippen molar-refractivity contribution in [3.63, 3.8) is 0 Å². The third kappa shape index (κ3) is 2.96. The first-order valence-electron chi connectivity index (χ1n) is 6.65. The van der Waals surface area contributed by atoms with Crippen molar-refractivity contribution in [1.29, 1.82) is 0 Å². The highest BCUT2D eigenvalue weighted by Crippen LogP contribution is 2.32. The van der Waals surface area contributed by atoms with Crippen molar-refractivity contribution in [3.8, 4) is 0 Å². The maximum Gasteiger partial charge on any atom is 0.0963 e. The van der Waals surface area contributed by atoms with E-state index in [0.29, 0.717) is 5.92 Å². The van der Waals surface area contributed by atoms with E-state index in [2.05, 4.69) is 18.9 Å². The van der Waals surface area contributed by atoms with Gasteiger partial charge in [0.15, 0.2) is 0 Å². The van der Waals surface area contributed by atoms with Gasteiger partial charge in [0, 0.05) is 13.1 Å². The maximum absolute atomic E-state index is 10.4. The number of morpholine rings is 1. The van der Waals surface area contributed by atoms with E-state index >= 15 is 0 Å². The van der Waals surface area contributed by atoms with Gasteiger partial charge in [-0.2, -0.15) is 0 Å². The fraction of sp³-hybridized carbons (Fsp3) is 1.00. The van der Waals surface area contributed by atoms with Crippen molar-refractivity contribution in [1.82, 2.24) is 4.90 Å². The molecule has 2 aliphatic rings. The number of aliphatic hydroxyl groups is 1. The summed E-state index contributed by atoms with van der Waals surface area (Å²) in [6.45, 7) is 4.95. The molecule has 0 aromatic carbocycles. The van der Waals surface area contributed by atoms with E-state index in [1.165, 1.54) is 25.7 Å². The Kier molecular flexibility index (Phi) is 4.22. The van der Waals surface area contributed by atoms with Crippen molar-refractivity contribution in [3.05, 3.63) is 0 Å². The first kappa shape index (κ1) is 12.3. The fourth-order valence-electron chi connectivity index (χ4n) is 2.95. The summed E-state index contributed by atoms with van der Waals surface area (Å²) >= 11 is 0. The minimum atomic E-state index is -0.254. The van der Waals surface area contributed by atoms with E-state index in [9.17, 15) is 5.11 Å². The van der Waals surface area contributed by atoms with Crippen LogP contribution >= 0.6 is 0 Å². The Labute approximate surface area is 98.8 Å². The lowest BCUT2D eigenvalue weighted by Crippen LogP contribution is -2.48. The average molecular weight is 227 g/mol. The molecule has 1 aliphatic heterocycles. The van der Waals surface area contributed by atoms with Gasteiger partial charge in [0.05, 0.1) is 18.8 Å². The second-order valence-corrected chi connectivity index (χ2v) is 5.68. The van der Waals surface area contributed by atoms with E-state index in [1.807, 2.05) is 0 Å². The zero-order chi connectivity index (χ0) is 11.5. The van der Waals surface area contributed by atoms with Crippen LogP contribution in [0.5, 0.6) is 0 Å². The van der Waals surface area contributed by atoms with Crippen molar-refractivity contribution >= 4 is 0 Å². The molecule has 0 spiro atoms. The molecule has 1 aliphatic carbocycles. The average Bonchev–Trinajstić information content (AvgIpc) is 2.29. The lowest BCUT2D eigenvalue weighted by Gasteiger charge is -2.38. The van der Waals surface area contributed by atoms with E-state index in [1.54, 1.807) is 0 Å². The smallest absolute Gasteiger partial charge is 0.0963 e. The normalized spacial score (nSPS) is 39.6. The zero-order valence-electron chi connectivity index (χ0n) is 10.6. The molecule has 3 nitrogen and oxygen atoms in total. The number of hydrogen-bond donors (Lipinski definition) is 1. The molecular formula is C13H25NO2. The highest BCUT2D eigenvalue weighted by Gasteiger charge is 2.33. The lowest BCUT2D eigenvalue weighted by atomic mass is 9.79. The molecule has 0 bridgehead atoms. The molecule has 2 rings (SSSR count). The van der Waals surface area contributed by atoms with Gasteiger partial charge in [-0.15, -0.1) is 0 Å². The summed E-state index contributed by atoms with van der Waals surface area (Å²) in [5, 5.41) is 10.4. The second-order valence-electron chi connectivity index (χ2n) is 5.68. The van der Waals surface area contributed by atoms with Crippen molar-refractivity contribution < 1.29 is 9.84 Å². The first-order chi connectivity index (χ1) is 7.66. The van der Waals surface area contributed by atoms with Crippen LogP contribution in [0.1, 0.15) is 32.6 Å². The van der Waals surface area contributed by atoms with Gasteiger partial charge in [0.2, 0.25) is 0 Å². The summed E-state index contributed by atoms with van der Waals surface area (Å²) < 4.78 is 5.70. The molecule has 2 unspecified atom stereocenters. The molecule has 1 saturated heterocycles. The molecule has 0 amide bonds. The van der Waals surface area contributed by atoms with Crippen LogP contribution in [0.2, 0.25) is 0 Å². The van der Waals surface area contributed by atoms with Gasteiger partial charge >= 0.3 is 0 Å². The van der Waals surface area contributed by atoms with Gasteiger partial charge in [0.25, 0.3) is 0 Å². The predicted molar refractivity (Wildman–Crippen MR) is 64.4 cm³/mol. The maximum atomic E-state index is 10.4. The van der Waals surface area contributed by atoms with E-state index in [-0.39, 0.29) is 12.2 Å². The Morgan fingerprint density at radius 1 is 1.25 bits per heavy atom. The van der Waals surface area contributed by atoms with Crippen LogP contribution in [-0.2, 0) is 4.74 Å². The summed E-state index contributed by atoms with van der Waals surface area (Å²) in [5.74, 6) is 1.31. The molecule has 0 radical (unpaired) electrons. The molecule has 16 heavy (non-hydrogen) atoms. The molecule has 1 heterocycles. The van der Waals surface area contributed by atoms with Crippen molar-refractivity contribution in [2.45, 2.75) is 44.8 Å². The third-order valence-electron chi connectivity index (χ3n) is 4.22. The number of ether oxygens (including phenoxy) is 1. The van der Waals surface area contributed by atoms with Crippen LogP contribution in [0.4, 0.5) is 0 Å². The van der Waals surface area contributed by atoms with Gasteiger partial charge < -0.3 is 14.7 Å². The lowest BCUT2D eigenvalue weighted by molar-refractivity contribution is -0.106. The molecule has 1 saturated carbocycles. The molecule has 2 atom stereocenters. The number of hydrogen-bond acceptors (Lipinski definition) is 3. The van der Waals surface area contributed by atoms with Crippen LogP contribution in [0.3, 0.4) is 0 Å². The zero-order valence-corrected chi connectivity index (χ0v) is 10.6. The van der Waals surface area contributed by atoms with E-state index in [0.717, 1.165) is 25.6 Å². The highest BCUT2D eigenvalue weighted by molar-refractivity contribution is 4.84. The van der Waals surface area contributed by atoms with E-state index < -0.39 is 0 Å². The number of nitrogens with zero attached hydrogens (tertiary/aromatic N) is 1. The minimum Gasteiger partial charge on any atom is -0.390 e. The van der Waals surface area contributed by atoms with Crippen LogP contribution in [0.15, 0.2) is 0 Å². The monoisotopic (exact) mass is 227 g/mol. The first-order valence-corrected chi connectivity index (χ1v) is 6.65. The summed E-state index contributed by atoms with van der Waals surface area (Å²) in [4.78, 5) is 2.25. The van der Waals surface area contributed by atoms with Gasteiger partial charge in [-0.25, -0.2) is 0 Å². The fourth-order valence-corrected chi connectivity index (χ4v) is 2.95. The molecular weight excluding hydrogens is 202 g/mol. The SMILES string of the molecule is CC1CCC(C(O)C2CN(C)CCO2)CC1. The van der Waals surface area contributed by atoms with Crippen LogP contribution in [-0.4, -0.2) is 49.0 Å². The van der Waals surface area contributed by atoms with Crippen LogP contribution in [0, 0.1) is 11.8 Å². The number of rotatable bonds is 2. The summed E-state index contributed by atoms with van der Waals surface area (Å²) in [6.07, 6.45) is 4.67. The third-order valence-corrected chi connectivity index (χ3v) is 4.22. The van der Waals surface area contributed by atoms with E-state index in [4.69, 9.17) is 4.74 Å².